The standard InChI is InChI=1S/C25H26FN3O4S/c1-15(2)32-12-6-11-29-24(31)23-22(18-7-4-5-8-20(18)33-23)28-25(29)34-14-21(30)27-17-10-9-16(3)19(26)13-17/h4-5,7-10,13,15H,6,11-12,14H2,1-3H3,(H,27,30). The molecule has 1 amide bonds. The highest BCUT2D eigenvalue weighted by Gasteiger charge is 2.18. The van der Waals surface area contributed by atoms with E-state index in [2.05, 4.69) is 5.32 Å². The number of amides is 1. The van der Waals surface area contributed by atoms with E-state index in [-0.39, 0.29) is 34.7 Å². The molecule has 0 atom stereocenters. The van der Waals surface area contributed by atoms with Crippen LogP contribution in [0.15, 0.2) is 56.8 Å². The number of furan rings is 1. The van der Waals surface area contributed by atoms with Crippen molar-refractivity contribution in [3.8, 4) is 0 Å². The first-order valence-electron chi connectivity index (χ1n) is 11.1. The zero-order valence-corrected chi connectivity index (χ0v) is 20.1. The minimum absolute atomic E-state index is 0.00567. The lowest BCUT2D eigenvalue weighted by molar-refractivity contribution is -0.113. The van der Waals surface area contributed by atoms with Gasteiger partial charge in [-0.3, -0.25) is 14.2 Å². The predicted octanol–water partition coefficient (Wildman–Crippen LogP) is 5.14. The van der Waals surface area contributed by atoms with E-state index in [0.29, 0.717) is 47.1 Å². The maximum Gasteiger partial charge on any atom is 0.297 e. The Morgan fingerprint density at radius 2 is 2.06 bits per heavy atom. The number of nitrogens with one attached hydrogen (secondary N) is 1. The van der Waals surface area contributed by atoms with E-state index in [4.69, 9.17) is 14.1 Å². The first-order chi connectivity index (χ1) is 16.3. The van der Waals surface area contributed by atoms with Crippen LogP contribution in [-0.2, 0) is 16.1 Å². The van der Waals surface area contributed by atoms with Crippen molar-refractivity contribution < 1.29 is 18.3 Å². The van der Waals surface area contributed by atoms with Crippen LogP contribution in [0.4, 0.5) is 10.1 Å². The summed E-state index contributed by atoms with van der Waals surface area (Å²) in [6.45, 7) is 6.43. The number of carbonyl (C=O) groups is 1. The second-order valence-corrected chi connectivity index (χ2v) is 9.14. The third-order valence-corrected chi connectivity index (χ3v) is 6.19. The van der Waals surface area contributed by atoms with Crippen molar-refractivity contribution in [1.29, 1.82) is 0 Å². The molecular formula is C25H26FN3O4S. The lowest BCUT2D eigenvalue weighted by Crippen LogP contribution is -2.24. The summed E-state index contributed by atoms with van der Waals surface area (Å²) < 4.78 is 26.7. The molecule has 2 aromatic carbocycles. The number of rotatable bonds is 9. The molecule has 7 nitrogen and oxygen atoms in total. The SMILES string of the molecule is Cc1ccc(NC(=O)CSc2nc3c(oc4ccccc43)c(=O)n2CCCOC(C)C)cc1F. The van der Waals surface area contributed by atoms with Crippen molar-refractivity contribution in [3.63, 3.8) is 0 Å². The van der Waals surface area contributed by atoms with E-state index in [1.165, 1.54) is 10.6 Å². The minimum Gasteiger partial charge on any atom is -0.448 e. The highest BCUT2D eigenvalue weighted by molar-refractivity contribution is 7.99. The van der Waals surface area contributed by atoms with Gasteiger partial charge < -0.3 is 14.5 Å². The first-order valence-corrected chi connectivity index (χ1v) is 12.0. The zero-order chi connectivity index (χ0) is 24.2. The van der Waals surface area contributed by atoms with Gasteiger partial charge in [-0.1, -0.05) is 30.0 Å². The van der Waals surface area contributed by atoms with Gasteiger partial charge in [0, 0.05) is 24.2 Å². The Balaban J connectivity index is 1.59. The quantitative estimate of drug-likeness (QED) is 0.202. The third-order valence-electron chi connectivity index (χ3n) is 5.21. The Morgan fingerprint density at radius 3 is 2.82 bits per heavy atom. The van der Waals surface area contributed by atoms with Gasteiger partial charge in [0.2, 0.25) is 11.5 Å². The van der Waals surface area contributed by atoms with E-state index in [0.717, 1.165) is 17.1 Å². The lowest BCUT2D eigenvalue weighted by Gasteiger charge is -2.13. The Kier molecular flexibility index (Phi) is 7.33. The van der Waals surface area contributed by atoms with E-state index < -0.39 is 0 Å². The molecule has 0 aliphatic carbocycles. The highest BCUT2D eigenvalue weighted by atomic mass is 32.2. The van der Waals surface area contributed by atoms with Crippen molar-refractivity contribution in [1.82, 2.24) is 9.55 Å². The fraction of sp³-hybridized carbons (Fsp3) is 0.320. The van der Waals surface area contributed by atoms with E-state index in [9.17, 15) is 14.0 Å². The number of carbonyl (C=O) groups excluding carboxylic acids is 1. The van der Waals surface area contributed by atoms with Gasteiger partial charge in [-0.25, -0.2) is 9.37 Å². The van der Waals surface area contributed by atoms with Crippen molar-refractivity contribution >= 4 is 45.4 Å². The summed E-state index contributed by atoms with van der Waals surface area (Å²) in [4.78, 5) is 30.5. The largest absolute Gasteiger partial charge is 0.448 e. The molecule has 0 unspecified atom stereocenters. The number of anilines is 1. The molecule has 2 heterocycles. The minimum atomic E-state index is -0.387. The zero-order valence-electron chi connectivity index (χ0n) is 19.3. The average molecular weight is 484 g/mol. The van der Waals surface area contributed by atoms with Crippen molar-refractivity contribution in [3.05, 3.63) is 64.2 Å². The van der Waals surface area contributed by atoms with Crippen LogP contribution in [-0.4, -0.2) is 33.9 Å². The summed E-state index contributed by atoms with van der Waals surface area (Å²) in [5.41, 5.74) is 1.82. The van der Waals surface area contributed by atoms with Gasteiger partial charge in [-0.15, -0.1) is 0 Å². The van der Waals surface area contributed by atoms with Crippen LogP contribution in [0.25, 0.3) is 22.1 Å². The topological polar surface area (TPSA) is 86.4 Å². The monoisotopic (exact) mass is 483 g/mol. The van der Waals surface area contributed by atoms with Gasteiger partial charge in [0.05, 0.1) is 11.9 Å². The molecule has 0 bridgehead atoms. The number of para-hydroxylation sites is 1. The molecule has 178 valence electrons. The van der Waals surface area contributed by atoms with Crippen LogP contribution in [0.5, 0.6) is 0 Å². The first kappa shape index (κ1) is 24.0. The molecule has 0 radical (unpaired) electrons. The fourth-order valence-corrected chi connectivity index (χ4v) is 4.32. The fourth-order valence-electron chi connectivity index (χ4n) is 3.50. The maximum atomic E-state index is 13.8. The number of halogens is 1. The molecule has 4 aromatic rings. The molecular weight excluding hydrogens is 457 g/mol. The summed E-state index contributed by atoms with van der Waals surface area (Å²) in [5, 5.41) is 3.84. The van der Waals surface area contributed by atoms with E-state index in [1.807, 2.05) is 32.0 Å². The molecule has 9 heteroatoms. The maximum absolute atomic E-state index is 13.8. The van der Waals surface area contributed by atoms with Crippen molar-refractivity contribution in [2.75, 3.05) is 17.7 Å². The second-order valence-electron chi connectivity index (χ2n) is 8.20. The molecule has 34 heavy (non-hydrogen) atoms. The molecule has 0 fully saturated rings. The van der Waals surface area contributed by atoms with Gasteiger partial charge in [0.25, 0.3) is 5.56 Å². The number of aromatic nitrogens is 2. The van der Waals surface area contributed by atoms with Gasteiger partial charge in [-0.05, 0) is 57.0 Å². The predicted molar refractivity (Wildman–Crippen MR) is 132 cm³/mol. The molecule has 1 N–H and O–H groups in total. The Bertz CT molecular complexity index is 1400. The number of ether oxygens (including phenoxy) is 1. The lowest BCUT2D eigenvalue weighted by atomic mass is 10.2. The molecule has 4 rings (SSSR count). The van der Waals surface area contributed by atoms with E-state index in [1.54, 1.807) is 25.1 Å². The normalized spacial score (nSPS) is 11.6. The third kappa shape index (κ3) is 5.31. The summed E-state index contributed by atoms with van der Waals surface area (Å²) in [6, 6.07) is 11.9. The Labute approximate surface area is 200 Å². The number of aryl methyl sites for hydroxylation is 1. The molecule has 0 spiro atoms. The number of hydrogen-bond donors (Lipinski definition) is 1. The number of fused-ring (bicyclic) bond motifs is 3. The van der Waals surface area contributed by atoms with Gasteiger partial charge >= 0.3 is 0 Å². The summed E-state index contributed by atoms with van der Waals surface area (Å²) >= 11 is 1.15. The number of nitrogens with zero attached hydrogens (tertiary/aromatic N) is 2. The van der Waals surface area contributed by atoms with Gasteiger partial charge in [0.1, 0.15) is 16.9 Å². The van der Waals surface area contributed by atoms with Crippen LogP contribution in [0.2, 0.25) is 0 Å². The Morgan fingerprint density at radius 1 is 1.26 bits per heavy atom. The van der Waals surface area contributed by atoms with Crippen LogP contribution in [0.3, 0.4) is 0 Å². The summed E-state index contributed by atoms with van der Waals surface area (Å²) in [5.74, 6) is -0.706. The van der Waals surface area contributed by atoms with Crippen LogP contribution in [0, 0.1) is 12.7 Å². The number of thioether (sulfide) groups is 1. The highest BCUT2D eigenvalue weighted by Crippen LogP contribution is 2.27. The van der Waals surface area contributed by atoms with E-state index >= 15 is 0 Å². The van der Waals surface area contributed by atoms with Crippen molar-refractivity contribution in [2.45, 2.75) is 45.0 Å². The summed E-state index contributed by atoms with van der Waals surface area (Å²) in [6.07, 6.45) is 0.699. The van der Waals surface area contributed by atoms with Gasteiger partial charge in [0.15, 0.2) is 5.16 Å². The van der Waals surface area contributed by atoms with Crippen molar-refractivity contribution in [2.24, 2.45) is 0 Å². The molecule has 0 aliphatic rings. The number of hydrogen-bond acceptors (Lipinski definition) is 6. The van der Waals surface area contributed by atoms with Gasteiger partial charge in [-0.2, -0.15) is 0 Å². The summed E-state index contributed by atoms with van der Waals surface area (Å²) in [7, 11) is 0. The molecule has 2 aromatic heterocycles. The average Bonchev–Trinajstić information content (AvgIpc) is 3.18. The molecule has 0 saturated heterocycles. The molecule has 0 aliphatic heterocycles. The molecule has 0 saturated carbocycles. The van der Waals surface area contributed by atoms with Crippen LogP contribution in [0.1, 0.15) is 25.8 Å². The van der Waals surface area contributed by atoms with Crippen LogP contribution >= 0.6 is 11.8 Å². The van der Waals surface area contributed by atoms with Crippen LogP contribution < -0.4 is 10.9 Å². The number of benzene rings is 2. The Hall–Kier alpha value is -3.17. The smallest absolute Gasteiger partial charge is 0.297 e. The second kappa shape index (κ2) is 10.4.